The van der Waals surface area contributed by atoms with Crippen LogP contribution < -0.4 is 10.1 Å². The first kappa shape index (κ1) is 17.1. The molecule has 0 unspecified atom stereocenters. The van der Waals surface area contributed by atoms with Crippen LogP contribution in [-0.2, 0) is 9.53 Å². The van der Waals surface area contributed by atoms with Crippen molar-refractivity contribution in [3.8, 4) is 11.4 Å². The number of hydrogen-bond donors (Lipinski definition) is 1. The number of nitrogens with one attached hydrogen (secondary N) is 1. The van der Waals surface area contributed by atoms with E-state index in [9.17, 15) is 9.59 Å². The first-order valence-electron chi connectivity index (χ1n) is 7.60. The summed E-state index contributed by atoms with van der Waals surface area (Å²) in [4.78, 5) is 23.4. The number of tetrazole rings is 1. The summed E-state index contributed by atoms with van der Waals surface area (Å²) in [6, 6.07) is 13.4. The van der Waals surface area contributed by atoms with Crippen LogP contribution in [0.15, 0.2) is 54.9 Å². The Hall–Kier alpha value is -3.75. The van der Waals surface area contributed by atoms with Gasteiger partial charge in [0.05, 0.1) is 18.4 Å². The second-order valence-corrected chi connectivity index (χ2v) is 5.16. The molecule has 1 heterocycles. The van der Waals surface area contributed by atoms with Gasteiger partial charge in [0.25, 0.3) is 5.91 Å². The lowest BCUT2D eigenvalue weighted by Gasteiger charge is -2.09. The van der Waals surface area contributed by atoms with Crippen molar-refractivity contribution in [3.05, 3.63) is 60.4 Å². The highest BCUT2D eigenvalue weighted by atomic mass is 16.5. The number of ether oxygens (including phenoxy) is 2. The maximum Gasteiger partial charge on any atom is 0.337 e. The molecule has 0 bridgehead atoms. The van der Waals surface area contributed by atoms with Gasteiger partial charge < -0.3 is 14.8 Å². The third-order valence-electron chi connectivity index (χ3n) is 3.39. The number of esters is 1. The Bertz CT molecular complexity index is 894. The lowest BCUT2D eigenvalue weighted by atomic mass is 10.2. The Labute approximate surface area is 148 Å². The fourth-order valence-corrected chi connectivity index (χ4v) is 2.15. The number of rotatable bonds is 6. The summed E-state index contributed by atoms with van der Waals surface area (Å²) in [6.07, 6.45) is 1.46. The minimum absolute atomic E-state index is 0.169. The molecule has 26 heavy (non-hydrogen) atoms. The van der Waals surface area contributed by atoms with E-state index in [1.165, 1.54) is 18.1 Å². The van der Waals surface area contributed by atoms with E-state index in [1.807, 2.05) is 6.07 Å². The van der Waals surface area contributed by atoms with Crippen LogP contribution in [0.2, 0.25) is 0 Å². The van der Waals surface area contributed by atoms with E-state index >= 15 is 0 Å². The number of anilines is 1. The molecular formula is C17H15N5O4. The minimum Gasteiger partial charge on any atom is -0.484 e. The number of carbonyl (C=O) groups excluding carboxylic acids is 2. The molecule has 9 nitrogen and oxygen atoms in total. The van der Waals surface area contributed by atoms with Crippen molar-refractivity contribution >= 4 is 17.6 Å². The molecule has 0 aliphatic heterocycles. The highest BCUT2D eigenvalue weighted by Crippen LogP contribution is 2.16. The van der Waals surface area contributed by atoms with Gasteiger partial charge in [-0.1, -0.05) is 6.07 Å². The van der Waals surface area contributed by atoms with E-state index in [4.69, 9.17) is 4.74 Å². The third kappa shape index (κ3) is 4.20. The van der Waals surface area contributed by atoms with Crippen molar-refractivity contribution in [2.45, 2.75) is 0 Å². The summed E-state index contributed by atoms with van der Waals surface area (Å²) in [5.41, 5.74) is 1.67. The van der Waals surface area contributed by atoms with Crippen molar-refractivity contribution in [3.63, 3.8) is 0 Å². The van der Waals surface area contributed by atoms with E-state index in [2.05, 4.69) is 25.6 Å². The van der Waals surface area contributed by atoms with Crippen molar-refractivity contribution in [1.29, 1.82) is 0 Å². The molecule has 0 atom stereocenters. The first-order valence-corrected chi connectivity index (χ1v) is 7.60. The fraction of sp³-hybridized carbons (Fsp3) is 0.118. The molecule has 0 radical (unpaired) electrons. The van der Waals surface area contributed by atoms with Crippen LogP contribution in [0.5, 0.6) is 5.75 Å². The van der Waals surface area contributed by atoms with Crippen LogP contribution in [0.4, 0.5) is 5.69 Å². The lowest BCUT2D eigenvalue weighted by molar-refractivity contribution is -0.118. The standard InChI is InChI=1S/C17H15N5O4/c1-25-17(24)12-5-7-13(8-6-12)19-16(23)10-26-15-4-2-3-14(9-15)22-11-18-20-21-22/h2-9,11H,10H2,1H3,(H,19,23). The van der Waals surface area contributed by atoms with Crippen LogP contribution in [-0.4, -0.2) is 45.8 Å². The molecular weight excluding hydrogens is 338 g/mol. The minimum atomic E-state index is -0.436. The normalized spacial score (nSPS) is 10.2. The number of carbonyl (C=O) groups is 2. The van der Waals surface area contributed by atoms with Crippen molar-refractivity contribution in [2.24, 2.45) is 0 Å². The first-order chi connectivity index (χ1) is 12.7. The van der Waals surface area contributed by atoms with E-state index in [0.29, 0.717) is 22.7 Å². The summed E-state index contributed by atoms with van der Waals surface area (Å²) in [5.74, 6) is -0.258. The summed E-state index contributed by atoms with van der Waals surface area (Å²) in [7, 11) is 1.31. The number of hydrogen-bond acceptors (Lipinski definition) is 7. The van der Waals surface area contributed by atoms with Gasteiger partial charge >= 0.3 is 5.97 Å². The molecule has 132 valence electrons. The molecule has 1 N–H and O–H groups in total. The Morgan fingerprint density at radius 3 is 2.65 bits per heavy atom. The Balaban J connectivity index is 1.56. The predicted molar refractivity (Wildman–Crippen MR) is 91.1 cm³/mol. The van der Waals surface area contributed by atoms with E-state index in [0.717, 1.165) is 0 Å². The molecule has 0 fully saturated rings. The molecule has 3 rings (SSSR count). The van der Waals surface area contributed by atoms with Gasteiger partial charge in [0.15, 0.2) is 6.61 Å². The molecule has 9 heteroatoms. The van der Waals surface area contributed by atoms with Gasteiger partial charge in [-0.25, -0.2) is 9.48 Å². The number of amides is 1. The largest absolute Gasteiger partial charge is 0.484 e. The quantitative estimate of drug-likeness (QED) is 0.668. The van der Waals surface area contributed by atoms with Gasteiger partial charge in [-0.15, -0.1) is 5.10 Å². The molecule has 2 aromatic carbocycles. The predicted octanol–water partition coefficient (Wildman–Crippen LogP) is 1.47. The molecule has 0 aliphatic rings. The van der Waals surface area contributed by atoms with Crippen molar-refractivity contribution < 1.29 is 19.1 Å². The maximum atomic E-state index is 12.0. The van der Waals surface area contributed by atoms with Gasteiger partial charge in [0, 0.05) is 11.8 Å². The van der Waals surface area contributed by atoms with Gasteiger partial charge in [-0.05, 0) is 46.8 Å². The van der Waals surface area contributed by atoms with Gasteiger partial charge in [-0.2, -0.15) is 0 Å². The Morgan fingerprint density at radius 1 is 1.15 bits per heavy atom. The van der Waals surface area contributed by atoms with Crippen LogP contribution in [0.25, 0.3) is 5.69 Å². The van der Waals surface area contributed by atoms with Crippen LogP contribution in [0, 0.1) is 0 Å². The number of benzene rings is 2. The molecule has 3 aromatic rings. The topological polar surface area (TPSA) is 108 Å². The van der Waals surface area contributed by atoms with E-state index in [1.54, 1.807) is 42.5 Å². The van der Waals surface area contributed by atoms with Crippen molar-refractivity contribution in [1.82, 2.24) is 20.2 Å². The molecule has 1 aromatic heterocycles. The molecule has 0 saturated carbocycles. The van der Waals surface area contributed by atoms with E-state index in [-0.39, 0.29) is 12.5 Å². The number of methoxy groups -OCH3 is 1. The second kappa shape index (κ2) is 7.88. The summed E-state index contributed by atoms with van der Waals surface area (Å²) >= 11 is 0. The zero-order chi connectivity index (χ0) is 18.4. The summed E-state index contributed by atoms with van der Waals surface area (Å²) < 4.78 is 11.6. The van der Waals surface area contributed by atoms with E-state index < -0.39 is 5.97 Å². The van der Waals surface area contributed by atoms with Crippen molar-refractivity contribution in [2.75, 3.05) is 19.0 Å². The fourth-order valence-electron chi connectivity index (χ4n) is 2.15. The summed E-state index contributed by atoms with van der Waals surface area (Å²) in [5, 5.41) is 13.6. The Kier molecular flexibility index (Phi) is 5.18. The van der Waals surface area contributed by atoms with Crippen LogP contribution in [0.3, 0.4) is 0 Å². The zero-order valence-electron chi connectivity index (χ0n) is 13.8. The maximum absolute atomic E-state index is 12.0. The van der Waals surface area contributed by atoms with Gasteiger partial charge in [0.1, 0.15) is 12.1 Å². The van der Waals surface area contributed by atoms with Crippen LogP contribution in [0.1, 0.15) is 10.4 Å². The summed E-state index contributed by atoms with van der Waals surface area (Å²) in [6.45, 7) is -0.169. The monoisotopic (exact) mass is 353 g/mol. The highest BCUT2D eigenvalue weighted by Gasteiger charge is 2.08. The molecule has 0 aliphatic carbocycles. The number of aromatic nitrogens is 4. The Morgan fingerprint density at radius 2 is 1.96 bits per heavy atom. The molecule has 1 amide bonds. The second-order valence-electron chi connectivity index (χ2n) is 5.16. The SMILES string of the molecule is COC(=O)c1ccc(NC(=O)COc2cccc(-n3cnnn3)c2)cc1. The molecule has 0 saturated heterocycles. The average Bonchev–Trinajstić information content (AvgIpc) is 3.21. The van der Waals surface area contributed by atoms with Gasteiger partial charge in [0.2, 0.25) is 0 Å². The van der Waals surface area contributed by atoms with Crippen LogP contribution >= 0.6 is 0 Å². The van der Waals surface area contributed by atoms with Gasteiger partial charge in [-0.3, -0.25) is 4.79 Å². The highest BCUT2D eigenvalue weighted by molar-refractivity contribution is 5.93. The zero-order valence-corrected chi connectivity index (χ0v) is 13.8. The number of nitrogens with zero attached hydrogens (tertiary/aromatic N) is 4. The smallest absolute Gasteiger partial charge is 0.337 e. The lowest BCUT2D eigenvalue weighted by Crippen LogP contribution is -2.20. The average molecular weight is 353 g/mol. The third-order valence-corrected chi connectivity index (χ3v) is 3.39. The molecule has 0 spiro atoms.